The Hall–Kier alpha value is -1.87. The maximum Gasteiger partial charge on any atom is 0.246 e. The Bertz CT molecular complexity index is 657. The third-order valence-corrected chi connectivity index (χ3v) is 4.74. The second-order valence-corrected chi connectivity index (χ2v) is 6.07. The molecule has 1 aromatic carbocycles. The fourth-order valence-corrected chi connectivity index (χ4v) is 3.37. The molecule has 3 heteroatoms. The lowest BCUT2D eigenvalue weighted by Crippen LogP contribution is -2.34. The van der Waals surface area contributed by atoms with Crippen LogP contribution in [0.15, 0.2) is 41.8 Å². The molecule has 0 unspecified atom stereocenters. The van der Waals surface area contributed by atoms with Crippen LogP contribution in [0.25, 0.3) is 6.08 Å². The van der Waals surface area contributed by atoms with E-state index in [4.69, 9.17) is 0 Å². The van der Waals surface area contributed by atoms with Crippen LogP contribution >= 0.6 is 11.3 Å². The highest BCUT2D eigenvalue weighted by molar-refractivity contribution is 7.10. The lowest BCUT2D eigenvalue weighted by Gasteiger charge is -2.25. The van der Waals surface area contributed by atoms with Gasteiger partial charge in [-0.05, 0) is 47.6 Å². The zero-order chi connectivity index (χ0) is 13.9. The molecule has 0 saturated heterocycles. The predicted molar refractivity (Wildman–Crippen MR) is 83.7 cm³/mol. The number of benzene rings is 1. The SMILES string of the molecule is Cc1ccccc1/C=C/C(=O)N1CCc2sccc2C1. The Kier molecular flexibility index (Phi) is 3.70. The smallest absolute Gasteiger partial charge is 0.246 e. The fourth-order valence-electron chi connectivity index (χ4n) is 2.48. The zero-order valence-corrected chi connectivity index (χ0v) is 12.3. The van der Waals surface area contributed by atoms with E-state index in [1.54, 1.807) is 17.4 Å². The number of rotatable bonds is 2. The quantitative estimate of drug-likeness (QED) is 0.770. The van der Waals surface area contributed by atoms with Gasteiger partial charge in [-0.2, -0.15) is 0 Å². The van der Waals surface area contributed by atoms with Gasteiger partial charge in [-0.1, -0.05) is 24.3 Å². The van der Waals surface area contributed by atoms with E-state index in [0.717, 1.165) is 25.1 Å². The van der Waals surface area contributed by atoms with Crippen LogP contribution in [0.1, 0.15) is 21.6 Å². The van der Waals surface area contributed by atoms with Crippen LogP contribution in [0.4, 0.5) is 0 Å². The molecule has 1 aliphatic rings. The third kappa shape index (κ3) is 2.68. The number of hydrogen-bond acceptors (Lipinski definition) is 2. The van der Waals surface area contributed by atoms with Gasteiger partial charge in [0.2, 0.25) is 5.91 Å². The lowest BCUT2D eigenvalue weighted by atomic mass is 10.1. The highest BCUT2D eigenvalue weighted by atomic mass is 32.1. The van der Waals surface area contributed by atoms with E-state index in [1.807, 2.05) is 29.2 Å². The average molecular weight is 283 g/mol. The van der Waals surface area contributed by atoms with Crippen molar-refractivity contribution in [2.75, 3.05) is 6.54 Å². The molecule has 0 N–H and O–H groups in total. The number of amides is 1. The molecule has 0 bridgehead atoms. The normalized spacial score (nSPS) is 14.6. The van der Waals surface area contributed by atoms with Crippen molar-refractivity contribution in [1.82, 2.24) is 4.90 Å². The first-order valence-corrected chi connectivity index (χ1v) is 7.70. The van der Waals surface area contributed by atoms with Crippen molar-refractivity contribution in [3.05, 3.63) is 63.4 Å². The van der Waals surface area contributed by atoms with Crippen LogP contribution in [0, 0.1) is 6.92 Å². The molecule has 2 nitrogen and oxygen atoms in total. The molecule has 20 heavy (non-hydrogen) atoms. The van der Waals surface area contributed by atoms with Crippen LogP contribution in [0.5, 0.6) is 0 Å². The lowest BCUT2D eigenvalue weighted by molar-refractivity contribution is -0.126. The maximum absolute atomic E-state index is 12.3. The number of carbonyl (C=O) groups is 1. The summed E-state index contributed by atoms with van der Waals surface area (Å²) in [5.74, 6) is 0.102. The summed E-state index contributed by atoms with van der Waals surface area (Å²) < 4.78 is 0. The number of nitrogens with zero attached hydrogens (tertiary/aromatic N) is 1. The van der Waals surface area contributed by atoms with Crippen molar-refractivity contribution >= 4 is 23.3 Å². The molecule has 1 amide bonds. The van der Waals surface area contributed by atoms with Gasteiger partial charge in [0.05, 0.1) is 0 Å². The van der Waals surface area contributed by atoms with Gasteiger partial charge in [0.25, 0.3) is 0 Å². The number of hydrogen-bond donors (Lipinski definition) is 0. The van der Waals surface area contributed by atoms with Gasteiger partial charge in [0, 0.05) is 24.0 Å². The highest BCUT2D eigenvalue weighted by Crippen LogP contribution is 2.24. The van der Waals surface area contributed by atoms with Crippen LogP contribution < -0.4 is 0 Å². The summed E-state index contributed by atoms with van der Waals surface area (Å²) in [5.41, 5.74) is 3.60. The van der Waals surface area contributed by atoms with Gasteiger partial charge in [-0.25, -0.2) is 0 Å². The topological polar surface area (TPSA) is 20.3 Å². The molecule has 1 aliphatic heterocycles. The Labute approximate surface area is 123 Å². The number of carbonyl (C=O) groups excluding carboxylic acids is 1. The molecule has 102 valence electrons. The van der Waals surface area contributed by atoms with Gasteiger partial charge in [0.1, 0.15) is 0 Å². The number of fused-ring (bicyclic) bond motifs is 1. The Morgan fingerprint density at radius 3 is 3.00 bits per heavy atom. The van der Waals surface area contributed by atoms with Crippen molar-refractivity contribution in [2.45, 2.75) is 19.9 Å². The summed E-state index contributed by atoms with van der Waals surface area (Å²) in [6.45, 7) is 3.63. The number of thiophene rings is 1. The number of aryl methyl sites for hydroxylation is 1. The summed E-state index contributed by atoms with van der Waals surface area (Å²) >= 11 is 1.80. The van der Waals surface area contributed by atoms with E-state index in [9.17, 15) is 4.79 Å². The first-order chi connectivity index (χ1) is 9.74. The van der Waals surface area contributed by atoms with E-state index in [2.05, 4.69) is 24.4 Å². The molecular weight excluding hydrogens is 266 g/mol. The van der Waals surface area contributed by atoms with Crippen LogP contribution in [0.3, 0.4) is 0 Å². The molecule has 2 aromatic rings. The van der Waals surface area contributed by atoms with Crippen LogP contribution in [-0.2, 0) is 17.8 Å². The predicted octanol–water partition coefficient (Wildman–Crippen LogP) is 3.65. The van der Waals surface area contributed by atoms with Crippen molar-refractivity contribution in [3.63, 3.8) is 0 Å². The van der Waals surface area contributed by atoms with Crippen LogP contribution in [0.2, 0.25) is 0 Å². The van der Waals surface area contributed by atoms with Crippen molar-refractivity contribution < 1.29 is 4.79 Å². The third-order valence-electron chi connectivity index (χ3n) is 3.71. The summed E-state index contributed by atoms with van der Waals surface area (Å²) in [7, 11) is 0. The molecule has 0 spiro atoms. The minimum Gasteiger partial charge on any atom is -0.334 e. The molecule has 0 aliphatic carbocycles. The van der Waals surface area contributed by atoms with Gasteiger partial charge < -0.3 is 4.90 Å². The molecule has 0 radical (unpaired) electrons. The average Bonchev–Trinajstić information content (AvgIpc) is 2.93. The van der Waals surface area contributed by atoms with Gasteiger partial charge in [-0.15, -0.1) is 11.3 Å². The molecule has 0 atom stereocenters. The van der Waals surface area contributed by atoms with Crippen molar-refractivity contribution in [2.24, 2.45) is 0 Å². The molecule has 2 heterocycles. The first-order valence-electron chi connectivity index (χ1n) is 6.82. The van der Waals surface area contributed by atoms with Gasteiger partial charge in [0.15, 0.2) is 0 Å². The Balaban J connectivity index is 1.70. The fraction of sp³-hybridized carbons (Fsp3) is 0.235. The first kappa shape index (κ1) is 13.1. The van der Waals surface area contributed by atoms with Gasteiger partial charge >= 0.3 is 0 Å². The van der Waals surface area contributed by atoms with Gasteiger partial charge in [-0.3, -0.25) is 4.79 Å². The molecule has 0 fully saturated rings. The monoisotopic (exact) mass is 283 g/mol. The standard InChI is InChI=1S/C17H17NOS/c1-13-4-2-3-5-14(13)6-7-17(19)18-10-8-16-15(12-18)9-11-20-16/h2-7,9,11H,8,10,12H2,1H3/b7-6+. The Morgan fingerprint density at radius 2 is 2.15 bits per heavy atom. The van der Waals surface area contributed by atoms with E-state index < -0.39 is 0 Å². The molecule has 0 saturated carbocycles. The summed E-state index contributed by atoms with van der Waals surface area (Å²) in [5, 5.41) is 2.11. The minimum atomic E-state index is 0.102. The minimum absolute atomic E-state index is 0.102. The second kappa shape index (κ2) is 5.63. The summed E-state index contributed by atoms with van der Waals surface area (Å²) in [4.78, 5) is 15.6. The second-order valence-electron chi connectivity index (χ2n) is 5.07. The maximum atomic E-state index is 12.3. The van der Waals surface area contributed by atoms with E-state index in [0.29, 0.717) is 0 Å². The van der Waals surface area contributed by atoms with Crippen molar-refractivity contribution in [3.8, 4) is 0 Å². The van der Waals surface area contributed by atoms with E-state index in [-0.39, 0.29) is 5.91 Å². The highest BCUT2D eigenvalue weighted by Gasteiger charge is 2.19. The zero-order valence-electron chi connectivity index (χ0n) is 11.5. The molecular formula is C17H17NOS. The molecule has 3 rings (SSSR count). The van der Waals surface area contributed by atoms with E-state index in [1.165, 1.54) is 16.0 Å². The molecule has 1 aromatic heterocycles. The largest absolute Gasteiger partial charge is 0.334 e. The Morgan fingerprint density at radius 1 is 1.30 bits per heavy atom. The summed E-state index contributed by atoms with van der Waals surface area (Å²) in [6, 6.07) is 10.2. The summed E-state index contributed by atoms with van der Waals surface area (Å²) in [6.07, 6.45) is 4.59. The van der Waals surface area contributed by atoms with Crippen molar-refractivity contribution in [1.29, 1.82) is 0 Å². The van der Waals surface area contributed by atoms with E-state index >= 15 is 0 Å². The van der Waals surface area contributed by atoms with Crippen LogP contribution in [-0.4, -0.2) is 17.4 Å².